The van der Waals surface area contributed by atoms with E-state index in [4.69, 9.17) is 4.42 Å². The quantitative estimate of drug-likeness (QED) is 0.722. The van der Waals surface area contributed by atoms with Crippen LogP contribution in [0.15, 0.2) is 63.8 Å². The van der Waals surface area contributed by atoms with Gasteiger partial charge in [0, 0.05) is 24.0 Å². The van der Waals surface area contributed by atoms with Crippen LogP contribution in [0.5, 0.6) is 0 Å². The number of halogens is 1. The van der Waals surface area contributed by atoms with Crippen molar-refractivity contribution in [3.05, 3.63) is 76.4 Å². The first-order chi connectivity index (χ1) is 13.0. The van der Waals surface area contributed by atoms with Gasteiger partial charge in [-0.3, -0.25) is 9.59 Å². The highest BCUT2D eigenvalue weighted by Gasteiger charge is 2.32. The molecular formula is C20H15FN2O4. The van der Waals surface area contributed by atoms with Gasteiger partial charge in [0.1, 0.15) is 17.0 Å². The van der Waals surface area contributed by atoms with Gasteiger partial charge in [-0.2, -0.15) is 0 Å². The van der Waals surface area contributed by atoms with Crippen molar-refractivity contribution >= 4 is 28.5 Å². The predicted octanol–water partition coefficient (Wildman–Crippen LogP) is 2.47. The first-order valence-corrected chi connectivity index (χ1v) is 8.41. The van der Waals surface area contributed by atoms with Crippen molar-refractivity contribution in [2.75, 3.05) is 11.4 Å². The van der Waals surface area contributed by atoms with Crippen molar-refractivity contribution in [2.45, 2.75) is 12.5 Å². The normalized spacial score (nSPS) is 16.7. The van der Waals surface area contributed by atoms with Crippen LogP contribution < -0.4 is 15.8 Å². The molecule has 1 saturated heterocycles. The van der Waals surface area contributed by atoms with Gasteiger partial charge in [-0.1, -0.05) is 24.3 Å². The van der Waals surface area contributed by atoms with Gasteiger partial charge in [0.15, 0.2) is 0 Å². The molecule has 136 valence electrons. The maximum Gasteiger partial charge on any atom is 0.349 e. The number of nitrogens with zero attached hydrogens (tertiary/aromatic N) is 1. The molecule has 1 fully saturated rings. The minimum atomic E-state index is -0.738. The molecule has 0 spiro atoms. The van der Waals surface area contributed by atoms with Crippen LogP contribution in [-0.4, -0.2) is 24.4 Å². The van der Waals surface area contributed by atoms with Crippen molar-refractivity contribution < 1.29 is 18.4 Å². The SMILES string of the molecule is O=C(N[C@@H]1CC(=O)N(c2cccc(F)c2)C1)c1cc2ccccc2oc1=O. The average molecular weight is 366 g/mol. The van der Waals surface area contributed by atoms with Crippen molar-refractivity contribution in [1.82, 2.24) is 5.32 Å². The van der Waals surface area contributed by atoms with Gasteiger partial charge in [-0.05, 0) is 30.3 Å². The number of hydrogen-bond acceptors (Lipinski definition) is 4. The van der Waals surface area contributed by atoms with E-state index >= 15 is 0 Å². The Morgan fingerprint density at radius 3 is 2.74 bits per heavy atom. The van der Waals surface area contributed by atoms with Gasteiger partial charge in [0.2, 0.25) is 5.91 Å². The summed E-state index contributed by atoms with van der Waals surface area (Å²) in [5.74, 6) is -1.27. The zero-order chi connectivity index (χ0) is 19.0. The summed E-state index contributed by atoms with van der Waals surface area (Å²) >= 11 is 0. The number of carbonyl (C=O) groups is 2. The lowest BCUT2D eigenvalue weighted by Crippen LogP contribution is -2.39. The molecule has 2 amide bonds. The maximum atomic E-state index is 13.4. The number of carbonyl (C=O) groups excluding carboxylic acids is 2. The topological polar surface area (TPSA) is 79.6 Å². The Labute approximate surface area is 153 Å². The maximum absolute atomic E-state index is 13.4. The summed E-state index contributed by atoms with van der Waals surface area (Å²) in [6.07, 6.45) is 0.0706. The summed E-state index contributed by atoms with van der Waals surface area (Å²) in [7, 11) is 0. The summed E-state index contributed by atoms with van der Waals surface area (Å²) in [5.41, 5.74) is -0.0304. The van der Waals surface area contributed by atoms with Crippen LogP contribution in [-0.2, 0) is 4.79 Å². The Balaban J connectivity index is 1.53. The largest absolute Gasteiger partial charge is 0.422 e. The average Bonchev–Trinajstić information content (AvgIpc) is 3.01. The molecule has 0 unspecified atom stereocenters. The van der Waals surface area contributed by atoms with E-state index in [9.17, 15) is 18.8 Å². The van der Waals surface area contributed by atoms with Crippen LogP contribution in [0.2, 0.25) is 0 Å². The minimum Gasteiger partial charge on any atom is -0.422 e. The van der Waals surface area contributed by atoms with Crippen molar-refractivity contribution in [3.63, 3.8) is 0 Å². The van der Waals surface area contributed by atoms with Crippen LogP contribution in [0.25, 0.3) is 11.0 Å². The molecule has 1 aromatic heterocycles. The Morgan fingerprint density at radius 2 is 1.93 bits per heavy atom. The third kappa shape index (κ3) is 3.31. The van der Waals surface area contributed by atoms with Gasteiger partial charge in [0.25, 0.3) is 5.91 Å². The molecule has 7 heteroatoms. The van der Waals surface area contributed by atoms with Gasteiger partial charge in [-0.15, -0.1) is 0 Å². The molecule has 4 rings (SSSR count). The van der Waals surface area contributed by atoms with Gasteiger partial charge >= 0.3 is 5.63 Å². The molecule has 1 atom stereocenters. The van der Waals surface area contributed by atoms with Gasteiger partial charge < -0.3 is 14.6 Å². The lowest BCUT2D eigenvalue weighted by molar-refractivity contribution is -0.117. The van der Waals surface area contributed by atoms with Crippen LogP contribution >= 0.6 is 0 Å². The lowest BCUT2D eigenvalue weighted by atomic mass is 10.1. The zero-order valence-electron chi connectivity index (χ0n) is 14.1. The second-order valence-corrected chi connectivity index (χ2v) is 6.34. The third-order valence-electron chi connectivity index (χ3n) is 4.47. The van der Waals surface area contributed by atoms with Gasteiger partial charge in [-0.25, -0.2) is 9.18 Å². The van der Waals surface area contributed by atoms with E-state index in [1.165, 1.54) is 29.2 Å². The molecule has 6 nitrogen and oxygen atoms in total. The molecule has 27 heavy (non-hydrogen) atoms. The number of anilines is 1. The summed E-state index contributed by atoms with van der Waals surface area (Å²) in [6.45, 7) is 0.201. The molecule has 0 bridgehead atoms. The molecule has 1 aliphatic heterocycles. The van der Waals surface area contributed by atoms with E-state index in [1.807, 2.05) is 0 Å². The first-order valence-electron chi connectivity index (χ1n) is 8.41. The van der Waals surface area contributed by atoms with Crippen molar-refractivity contribution in [1.29, 1.82) is 0 Å². The Morgan fingerprint density at radius 1 is 1.11 bits per heavy atom. The second kappa shape index (κ2) is 6.68. The summed E-state index contributed by atoms with van der Waals surface area (Å²) in [4.78, 5) is 38.2. The third-order valence-corrected chi connectivity index (χ3v) is 4.47. The molecule has 2 aromatic carbocycles. The number of fused-ring (bicyclic) bond motifs is 1. The first kappa shape index (κ1) is 17.0. The Hall–Kier alpha value is -3.48. The molecule has 0 saturated carbocycles. The van der Waals surface area contributed by atoms with Gasteiger partial charge in [0.05, 0.1) is 6.04 Å². The molecule has 0 radical (unpaired) electrons. The number of benzene rings is 2. The fraction of sp³-hybridized carbons (Fsp3) is 0.150. The number of hydrogen-bond donors (Lipinski definition) is 1. The fourth-order valence-electron chi connectivity index (χ4n) is 3.18. The smallest absolute Gasteiger partial charge is 0.349 e. The molecule has 1 aliphatic rings. The second-order valence-electron chi connectivity index (χ2n) is 6.34. The number of rotatable bonds is 3. The van der Waals surface area contributed by atoms with E-state index in [1.54, 1.807) is 30.3 Å². The number of para-hydroxylation sites is 1. The Bertz CT molecular complexity index is 1110. The molecule has 0 aliphatic carbocycles. The van der Waals surface area contributed by atoms with E-state index in [0.717, 1.165) is 0 Å². The molecule has 1 N–H and O–H groups in total. The Kier molecular flexibility index (Phi) is 4.19. The highest BCUT2D eigenvalue weighted by atomic mass is 19.1. The van der Waals surface area contributed by atoms with Crippen LogP contribution in [0.1, 0.15) is 16.8 Å². The van der Waals surface area contributed by atoms with E-state index < -0.39 is 23.4 Å². The van der Waals surface area contributed by atoms with Crippen LogP contribution in [0.3, 0.4) is 0 Å². The zero-order valence-corrected chi connectivity index (χ0v) is 14.1. The minimum absolute atomic E-state index is 0.0706. The van der Waals surface area contributed by atoms with E-state index in [2.05, 4.69) is 5.32 Å². The highest BCUT2D eigenvalue weighted by Crippen LogP contribution is 2.22. The monoisotopic (exact) mass is 366 g/mol. The highest BCUT2D eigenvalue weighted by molar-refractivity contribution is 5.99. The summed E-state index contributed by atoms with van der Waals surface area (Å²) in [6, 6.07) is 13.6. The number of amides is 2. The predicted molar refractivity (Wildman–Crippen MR) is 97.1 cm³/mol. The van der Waals surface area contributed by atoms with Crippen molar-refractivity contribution in [2.24, 2.45) is 0 Å². The fourth-order valence-corrected chi connectivity index (χ4v) is 3.18. The summed E-state index contributed by atoms with van der Waals surface area (Å²) in [5, 5.41) is 3.32. The lowest BCUT2D eigenvalue weighted by Gasteiger charge is -2.17. The molecule has 3 aromatic rings. The van der Waals surface area contributed by atoms with Crippen LogP contribution in [0.4, 0.5) is 10.1 Å². The van der Waals surface area contributed by atoms with E-state index in [0.29, 0.717) is 16.7 Å². The van der Waals surface area contributed by atoms with Crippen molar-refractivity contribution in [3.8, 4) is 0 Å². The van der Waals surface area contributed by atoms with E-state index in [-0.39, 0.29) is 24.4 Å². The molecular weight excluding hydrogens is 351 g/mol. The molecule has 2 heterocycles. The summed E-state index contributed by atoms with van der Waals surface area (Å²) < 4.78 is 18.6. The standard InChI is InChI=1S/C20H15FN2O4/c21-13-5-3-6-15(9-13)23-11-14(10-18(23)24)22-19(25)16-8-12-4-1-2-7-17(12)27-20(16)26/h1-9,14H,10-11H2,(H,22,25)/t14-/m1/s1. The van der Waals surface area contributed by atoms with Crippen LogP contribution in [0, 0.1) is 5.82 Å². The number of nitrogens with one attached hydrogen (secondary N) is 1.